The summed E-state index contributed by atoms with van der Waals surface area (Å²) in [4.78, 5) is 53.0. The smallest absolute Gasteiger partial charge is 0.338 e. The molecule has 7 nitrogen and oxygen atoms in total. The number of esters is 1. The molecule has 1 aromatic rings. The van der Waals surface area contributed by atoms with Gasteiger partial charge in [-0.05, 0) is 43.4 Å². The van der Waals surface area contributed by atoms with Gasteiger partial charge in [-0.2, -0.15) is 0 Å². The van der Waals surface area contributed by atoms with Gasteiger partial charge in [0, 0.05) is 12.2 Å². The van der Waals surface area contributed by atoms with Gasteiger partial charge in [0.05, 0.1) is 24.5 Å². The SMILES string of the molecule is COC(=O)c1cccc2c1CCCN2C(=O)CN1C(=O)[C@H]2CC=CC[C@@H]2C1=O. The Balaban J connectivity index is 1.57. The number of carbonyl (C=O) groups excluding carboxylic acids is 4. The first-order chi connectivity index (χ1) is 13.5. The molecule has 1 aromatic carbocycles. The number of anilines is 1. The van der Waals surface area contributed by atoms with Crippen molar-refractivity contribution in [3.8, 4) is 0 Å². The Morgan fingerprint density at radius 3 is 2.43 bits per heavy atom. The number of benzene rings is 1. The average molecular weight is 382 g/mol. The molecule has 2 heterocycles. The Labute approximate surface area is 162 Å². The lowest BCUT2D eigenvalue weighted by Crippen LogP contribution is -2.45. The van der Waals surface area contributed by atoms with Crippen molar-refractivity contribution in [3.05, 3.63) is 41.5 Å². The summed E-state index contributed by atoms with van der Waals surface area (Å²) in [7, 11) is 1.33. The third-order valence-electron chi connectivity index (χ3n) is 5.85. The second kappa shape index (κ2) is 7.22. The minimum absolute atomic E-state index is 0.256. The molecular weight excluding hydrogens is 360 g/mol. The van der Waals surface area contributed by atoms with Gasteiger partial charge in [-0.25, -0.2) is 4.79 Å². The number of allylic oxidation sites excluding steroid dienone is 2. The van der Waals surface area contributed by atoms with E-state index >= 15 is 0 Å². The van der Waals surface area contributed by atoms with Crippen LogP contribution < -0.4 is 4.90 Å². The summed E-state index contributed by atoms with van der Waals surface area (Å²) in [5.74, 6) is -1.94. The summed E-state index contributed by atoms with van der Waals surface area (Å²) in [6.45, 7) is 0.230. The van der Waals surface area contributed by atoms with Crippen LogP contribution in [-0.2, 0) is 25.5 Å². The van der Waals surface area contributed by atoms with Crippen LogP contribution in [0.5, 0.6) is 0 Å². The number of fused-ring (bicyclic) bond motifs is 2. The first-order valence-corrected chi connectivity index (χ1v) is 9.53. The highest BCUT2D eigenvalue weighted by atomic mass is 16.5. The predicted octanol–water partition coefficient (Wildman–Crippen LogP) is 1.70. The van der Waals surface area contributed by atoms with Crippen LogP contribution in [0.4, 0.5) is 5.69 Å². The van der Waals surface area contributed by atoms with Gasteiger partial charge >= 0.3 is 5.97 Å². The molecule has 1 aliphatic carbocycles. The topological polar surface area (TPSA) is 84.0 Å². The fraction of sp³-hybridized carbons (Fsp3) is 0.429. The summed E-state index contributed by atoms with van der Waals surface area (Å²) in [6, 6.07) is 5.18. The molecule has 0 spiro atoms. The summed E-state index contributed by atoms with van der Waals surface area (Å²) in [5.41, 5.74) is 1.87. The number of amides is 3. The van der Waals surface area contributed by atoms with Crippen LogP contribution in [0.3, 0.4) is 0 Å². The van der Waals surface area contributed by atoms with E-state index in [4.69, 9.17) is 4.74 Å². The number of carbonyl (C=O) groups is 4. The number of hydrogen-bond donors (Lipinski definition) is 0. The Morgan fingerprint density at radius 1 is 1.11 bits per heavy atom. The molecule has 0 N–H and O–H groups in total. The highest BCUT2D eigenvalue weighted by molar-refractivity contribution is 6.09. The van der Waals surface area contributed by atoms with Crippen LogP contribution in [-0.4, -0.2) is 48.8 Å². The molecule has 0 saturated carbocycles. The molecule has 146 valence electrons. The van der Waals surface area contributed by atoms with Gasteiger partial charge < -0.3 is 9.64 Å². The Morgan fingerprint density at radius 2 is 1.79 bits per heavy atom. The van der Waals surface area contributed by atoms with Gasteiger partial charge in [0.25, 0.3) is 0 Å². The molecule has 0 unspecified atom stereocenters. The lowest BCUT2D eigenvalue weighted by atomic mass is 9.85. The highest BCUT2D eigenvalue weighted by Crippen LogP contribution is 2.36. The van der Waals surface area contributed by atoms with Crippen molar-refractivity contribution < 1.29 is 23.9 Å². The maximum atomic E-state index is 13.0. The van der Waals surface area contributed by atoms with E-state index in [2.05, 4.69) is 0 Å². The normalized spacial score (nSPS) is 23.5. The number of methoxy groups -OCH3 is 1. The quantitative estimate of drug-likeness (QED) is 0.451. The van der Waals surface area contributed by atoms with Gasteiger partial charge in [-0.15, -0.1) is 0 Å². The van der Waals surface area contributed by atoms with E-state index < -0.39 is 5.97 Å². The molecule has 2 atom stereocenters. The summed E-state index contributed by atoms with van der Waals surface area (Å²) in [5, 5.41) is 0. The van der Waals surface area contributed by atoms with Crippen LogP contribution in [0.25, 0.3) is 0 Å². The van der Waals surface area contributed by atoms with Crippen molar-refractivity contribution in [1.82, 2.24) is 4.90 Å². The fourth-order valence-electron chi connectivity index (χ4n) is 4.43. The van der Waals surface area contributed by atoms with Gasteiger partial charge in [-0.1, -0.05) is 18.2 Å². The zero-order chi connectivity index (χ0) is 19.8. The van der Waals surface area contributed by atoms with Crippen molar-refractivity contribution in [2.24, 2.45) is 11.8 Å². The van der Waals surface area contributed by atoms with E-state index in [0.717, 1.165) is 10.5 Å². The van der Waals surface area contributed by atoms with Gasteiger partial charge in [0.2, 0.25) is 17.7 Å². The maximum Gasteiger partial charge on any atom is 0.338 e. The highest BCUT2D eigenvalue weighted by Gasteiger charge is 2.48. The van der Waals surface area contributed by atoms with Crippen LogP contribution in [0.2, 0.25) is 0 Å². The van der Waals surface area contributed by atoms with Gasteiger partial charge in [-0.3, -0.25) is 19.3 Å². The summed E-state index contributed by atoms with van der Waals surface area (Å²) in [6.07, 6.45) is 6.31. The molecule has 4 rings (SSSR count). The number of rotatable bonds is 3. The van der Waals surface area contributed by atoms with Crippen molar-refractivity contribution >= 4 is 29.4 Å². The molecular formula is C21H22N2O5. The lowest BCUT2D eigenvalue weighted by Gasteiger charge is -2.31. The number of ether oxygens (including phenoxy) is 1. The van der Waals surface area contributed by atoms with E-state index in [0.29, 0.717) is 43.5 Å². The third-order valence-corrected chi connectivity index (χ3v) is 5.85. The minimum Gasteiger partial charge on any atom is -0.465 e. The van der Waals surface area contributed by atoms with E-state index in [-0.39, 0.29) is 36.1 Å². The van der Waals surface area contributed by atoms with Crippen molar-refractivity contribution in [1.29, 1.82) is 0 Å². The molecule has 28 heavy (non-hydrogen) atoms. The first kappa shape index (κ1) is 18.4. The Hall–Kier alpha value is -2.96. The van der Waals surface area contributed by atoms with Gasteiger partial charge in [0.1, 0.15) is 6.54 Å². The van der Waals surface area contributed by atoms with Gasteiger partial charge in [0.15, 0.2) is 0 Å². The number of nitrogens with zero attached hydrogens (tertiary/aromatic N) is 2. The van der Waals surface area contributed by atoms with E-state index in [1.807, 2.05) is 12.2 Å². The first-order valence-electron chi connectivity index (χ1n) is 9.53. The van der Waals surface area contributed by atoms with Crippen molar-refractivity contribution in [3.63, 3.8) is 0 Å². The molecule has 1 saturated heterocycles. The fourth-order valence-corrected chi connectivity index (χ4v) is 4.43. The third kappa shape index (κ3) is 2.91. The molecule has 0 bridgehead atoms. The summed E-state index contributed by atoms with van der Waals surface area (Å²) < 4.78 is 4.84. The standard InChI is InChI=1S/C21H22N2O5/c1-28-21(27)16-8-4-10-17-13(16)9-5-11-22(17)18(24)12-23-19(25)14-6-2-3-7-15(14)20(23)26/h2-4,8,10,14-15H,5-7,9,11-12H2,1H3/t14-,15-/m0/s1. The predicted molar refractivity (Wildman–Crippen MR) is 101 cm³/mol. The average Bonchev–Trinajstić information content (AvgIpc) is 2.97. The number of likely N-dealkylation sites (tertiary alicyclic amines) is 1. The maximum absolute atomic E-state index is 13.0. The van der Waals surface area contributed by atoms with Crippen LogP contribution in [0, 0.1) is 11.8 Å². The largest absolute Gasteiger partial charge is 0.465 e. The zero-order valence-corrected chi connectivity index (χ0v) is 15.7. The van der Waals surface area contributed by atoms with Crippen molar-refractivity contribution in [2.75, 3.05) is 25.1 Å². The second-order valence-corrected chi connectivity index (χ2v) is 7.36. The number of imide groups is 1. The summed E-state index contributed by atoms with van der Waals surface area (Å²) >= 11 is 0. The second-order valence-electron chi connectivity index (χ2n) is 7.36. The van der Waals surface area contributed by atoms with Crippen LogP contribution in [0.15, 0.2) is 30.4 Å². The van der Waals surface area contributed by atoms with E-state index in [9.17, 15) is 19.2 Å². The molecule has 3 amide bonds. The number of hydrogen-bond acceptors (Lipinski definition) is 5. The monoisotopic (exact) mass is 382 g/mol. The van der Waals surface area contributed by atoms with Crippen LogP contribution >= 0.6 is 0 Å². The molecule has 3 aliphatic rings. The van der Waals surface area contributed by atoms with Crippen LogP contribution in [0.1, 0.15) is 35.2 Å². The van der Waals surface area contributed by atoms with E-state index in [1.165, 1.54) is 7.11 Å². The molecule has 0 aromatic heterocycles. The molecule has 7 heteroatoms. The van der Waals surface area contributed by atoms with E-state index in [1.54, 1.807) is 23.1 Å². The lowest BCUT2D eigenvalue weighted by molar-refractivity contribution is -0.143. The van der Waals surface area contributed by atoms with Crippen molar-refractivity contribution in [2.45, 2.75) is 25.7 Å². The molecule has 2 aliphatic heterocycles. The minimum atomic E-state index is -0.437. The Kier molecular flexibility index (Phi) is 4.75. The zero-order valence-electron chi connectivity index (χ0n) is 15.7. The molecule has 0 radical (unpaired) electrons. The molecule has 1 fully saturated rings. The Bertz CT molecular complexity index is 865.